The molecule has 2 rings (SSSR count). The van der Waals surface area contributed by atoms with Crippen LogP contribution in [0.3, 0.4) is 0 Å². The quantitative estimate of drug-likeness (QED) is 0.862. The molecule has 2 aromatic rings. The van der Waals surface area contributed by atoms with Crippen LogP contribution in [0.25, 0.3) is 0 Å². The summed E-state index contributed by atoms with van der Waals surface area (Å²) in [6, 6.07) is 1.42. The van der Waals surface area contributed by atoms with Gasteiger partial charge >= 0.3 is 0 Å². The van der Waals surface area contributed by atoms with Crippen LogP contribution in [0.1, 0.15) is 24.2 Å². The van der Waals surface area contributed by atoms with Crippen LogP contribution >= 0.6 is 0 Å². The summed E-state index contributed by atoms with van der Waals surface area (Å²) < 4.78 is 47.4. The van der Waals surface area contributed by atoms with E-state index in [1.54, 1.807) is 7.05 Å². The number of methoxy groups -OCH3 is 1. The molecule has 4 nitrogen and oxygen atoms in total. The van der Waals surface area contributed by atoms with Gasteiger partial charge in [0.05, 0.1) is 19.3 Å². The van der Waals surface area contributed by atoms with Crippen molar-refractivity contribution >= 4 is 0 Å². The minimum atomic E-state index is -1.49. The van der Waals surface area contributed by atoms with Gasteiger partial charge in [0.1, 0.15) is 5.69 Å². The molecule has 0 aliphatic carbocycles. The Morgan fingerprint density at radius 2 is 2.00 bits per heavy atom. The van der Waals surface area contributed by atoms with Gasteiger partial charge in [-0.2, -0.15) is 5.10 Å². The molecule has 0 amide bonds. The average Bonchev–Trinajstić information content (AvgIpc) is 2.84. The third-order valence-corrected chi connectivity index (χ3v) is 3.23. The van der Waals surface area contributed by atoms with Crippen molar-refractivity contribution in [3.8, 4) is 5.75 Å². The fraction of sp³-hybridized carbons (Fsp3) is 0.357. The van der Waals surface area contributed by atoms with Gasteiger partial charge < -0.3 is 10.1 Å². The molecule has 0 bridgehead atoms. The van der Waals surface area contributed by atoms with E-state index in [0.29, 0.717) is 18.0 Å². The highest BCUT2D eigenvalue weighted by molar-refractivity contribution is 5.37. The number of hydrogen-bond acceptors (Lipinski definition) is 3. The van der Waals surface area contributed by atoms with Crippen molar-refractivity contribution in [2.45, 2.75) is 13.0 Å². The predicted octanol–water partition coefficient (Wildman–Crippen LogP) is 2.54. The number of aryl methyl sites for hydroxylation is 1. The summed E-state index contributed by atoms with van der Waals surface area (Å²) in [5, 5.41) is 7.08. The van der Waals surface area contributed by atoms with E-state index < -0.39 is 23.5 Å². The van der Waals surface area contributed by atoms with Crippen LogP contribution in [-0.4, -0.2) is 23.4 Å². The van der Waals surface area contributed by atoms with Gasteiger partial charge in [-0.25, -0.2) is 13.2 Å². The third-order valence-electron chi connectivity index (χ3n) is 3.23. The summed E-state index contributed by atoms with van der Waals surface area (Å²) in [7, 11) is 3.13. The molecule has 1 aromatic heterocycles. The first-order valence-corrected chi connectivity index (χ1v) is 6.43. The highest BCUT2D eigenvalue weighted by atomic mass is 19.2. The second kappa shape index (κ2) is 6.17. The van der Waals surface area contributed by atoms with Gasteiger partial charge in [-0.1, -0.05) is 13.0 Å². The van der Waals surface area contributed by atoms with Gasteiger partial charge in [0.25, 0.3) is 0 Å². The molecule has 7 heteroatoms. The van der Waals surface area contributed by atoms with Gasteiger partial charge in [0, 0.05) is 12.6 Å². The van der Waals surface area contributed by atoms with Crippen LogP contribution in [0.2, 0.25) is 0 Å². The largest absolute Gasteiger partial charge is 0.493 e. The number of halogens is 3. The van der Waals surface area contributed by atoms with Gasteiger partial charge in [0.15, 0.2) is 23.2 Å². The van der Waals surface area contributed by atoms with Gasteiger partial charge in [-0.05, 0) is 12.6 Å². The molecule has 0 aliphatic heterocycles. The predicted molar refractivity (Wildman–Crippen MR) is 71.6 cm³/mol. The van der Waals surface area contributed by atoms with Crippen LogP contribution in [-0.2, 0) is 7.05 Å². The van der Waals surface area contributed by atoms with Crippen LogP contribution in [0, 0.1) is 17.5 Å². The molecule has 0 aliphatic rings. The first-order chi connectivity index (χ1) is 10.0. The first-order valence-electron chi connectivity index (χ1n) is 6.43. The van der Waals surface area contributed by atoms with Gasteiger partial charge in [0.2, 0.25) is 0 Å². The van der Waals surface area contributed by atoms with Crippen LogP contribution in [0.5, 0.6) is 5.75 Å². The van der Waals surface area contributed by atoms with Crippen molar-refractivity contribution < 1.29 is 17.9 Å². The Bertz CT molecular complexity index is 643. The van der Waals surface area contributed by atoms with Crippen molar-refractivity contribution in [3.63, 3.8) is 0 Å². The molecule has 1 unspecified atom stereocenters. The standard InChI is InChI=1S/C14H16F3N3O/c1-4-18-13(14-10(21-3)7-19-20(14)2)8-5-6-9(15)12(17)11(8)16/h5-7,13,18H,4H2,1-3H3. The maximum Gasteiger partial charge on any atom is 0.194 e. The highest BCUT2D eigenvalue weighted by Gasteiger charge is 2.26. The summed E-state index contributed by atoms with van der Waals surface area (Å²) >= 11 is 0. The number of ether oxygens (including phenoxy) is 1. The van der Waals surface area contributed by atoms with E-state index >= 15 is 0 Å². The molecule has 114 valence electrons. The zero-order valence-electron chi connectivity index (χ0n) is 12.0. The molecule has 21 heavy (non-hydrogen) atoms. The molecule has 0 saturated carbocycles. The summed E-state index contributed by atoms with van der Waals surface area (Å²) in [6.45, 7) is 2.32. The number of aromatic nitrogens is 2. The zero-order valence-corrected chi connectivity index (χ0v) is 12.0. The Labute approximate surface area is 120 Å². The fourth-order valence-corrected chi connectivity index (χ4v) is 2.24. The summed E-state index contributed by atoms with van der Waals surface area (Å²) in [6.07, 6.45) is 1.48. The molecule has 0 radical (unpaired) electrons. The lowest BCUT2D eigenvalue weighted by atomic mass is 10.0. The molecule has 0 saturated heterocycles. The topological polar surface area (TPSA) is 39.1 Å². The average molecular weight is 299 g/mol. The Hall–Kier alpha value is -2.02. The minimum Gasteiger partial charge on any atom is -0.493 e. The van der Waals surface area contributed by atoms with E-state index in [1.165, 1.54) is 24.1 Å². The van der Waals surface area contributed by atoms with E-state index in [9.17, 15) is 13.2 Å². The van der Waals surface area contributed by atoms with Gasteiger partial charge in [-0.15, -0.1) is 0 Å². The van der Waals surface area contributed by atoms with Crippen molar-refractivity contribution in [2.24, 2.45) is 7.05 Å². The molecular formula is C14H16F3N3O. The lowest BCUT2D eigenvalue weighted by Crippen LogP contribution is -2.26. The normalized spacial score (nSPS) is 12.5. The van der Waals surface area contributed by atoms with Crippen LogP contribution in [0.15, 0.2) is 18.3 Å². The highest BCUT2D eigenvalue weighted by Crippen LogP contribution is 2.32. The maximum absolute atomic E-state index is 14.1. The molecular weight excluding hydrogens is 283 g/mol. The number of nitrogens with one attached hydrogen (secondary N) is 1. The number of rotatable bonds is 5. The molecule has 0 fully saturated rings. The third kappa shape index (κ3) is 2.73. The lowest BCUT2D eigenvalue weighted by Gasteiger charge is -2.20. The van der Waals surface area contributed by atoms with Crippen molar-refractivity contribution in [3.05, 3.63) is 47.0 Å². The van der Waals surface area contributed by atoms with Crippen molar-refractivity contribution in [1.82, 2.24) is 15.1 Å². The smallest absolute Gasteiger partial charge is 0.194 e. The number of hydrogen-bond donors (Lipinski definition) is 1. The van der Waals surface area contributed by atoms with Crippen molar-refractivity contribution in [1.29, 1.82) is 0 Å². The second-order valence-electron chi connectivity index (χ2n) is 4.48. The maximum atomic E-state index is 14.1. The number of nitrogens with zero attached hydrogens (tertiary/aromatic N) is 2. The summed E-state index contributed by atoms with van der Waals surface area (Å²) in [4.78, 5) is 0. The van der Waals surface area contributed by atoms with E-state index in [1.807, 2.05) is 6.92 Å². The number of benzene rings is 1. The molecule has 1 aromatic carbocycles. The molecule has 1 N–H and O–H groups in total. The lowest BCUT2D eigenvalue weighted by molar-refractivity contribution is 0.396. The Kier molecular flexibility index (Phi) is 4.52. The summed E-state index contributed by atoms with van der Waals surface area (Å²) in [5.74, 6) is -3.49. The Morgan fingerprint density at radius 1 is 1.29 bits per heavy atom. The van der Waals surface area contributed by atoms with Crippen LogP contribution < -0.4 is 10.1 Å². The summed E-state index contributed by atoms with van der Waals surface area (Å²) in [5.41, 5.74) is 0.530. The second-order valence-corrected chi connectivity index (χ2v) is 4.48. The molecule has 1 atom stereocenters. The molecule has 1 heterocycles. The Balaban J connectivity index is 2.59. The van der Waals surface area contributed by atoms with E-state index in [-0.39, 0.29) is 5.56 Å². The van der Waals surface area contributed by atoms with Crippen molar-refractivity contribution in [2.75, 3.05) is 13.7 Å². The van der Waals surface area contributed by atoms with E-state index in [2.05, 4.69) is 10.4 Å². The first kappa shape index (κ1) is 15.4. The fourth-order valence-electron chi connectivity index (χ4n) is 2.24. The zero-order chi connectivity index (χ0) is 15.6. The minimum absolute atomic E-state index is 0.00218. The van der Waals surface area contributed by atoms with Gasteiger partial charge in [-0.3, -0.25) is 4.68 Å². The SMILES string of the molecule is CCNC(c1ccc(F)c(F)c1F)c1c(OC)cnn1C. The van der Waals surface area contributed by atoms with E-state index in [4.69, 9.17) is 4.74 Å². The Morgan fingerprint density at radius 3 is 2.62 bits per heavy atom. The monoisotopic (exact) mass is 299 g/mol. The van der Waals surface area contributed by atoms with E-state index in [0.717, 1.165) is 6.07 Å². The van der Waals surface area contributed by atoms with Crippen LogP contribution in [0.4, 0.5) is 13.2 Å². The molecule has 0 spiro atoms.